The molecule has 20 heavy (non-hydrogen) atoms. The highest BCUT2D eigenvalue weighted by atomic mass is 19.1. The van der Waals surface area contributed by atoms with E-state index in [-0.39, 0.29) is 12.1 Å². The molecule has 1 aliphatic heterocycles. The third-order valence-corrected chi connectivity index (χ3v) is 4.07. The van der Waals surface area contributed by atoms with Gasteiger partial charge in [-0.25, -0.2) is 19.2 Å². The Hall–Kier alpha value is -1.04. The lowest BCUT2D eigenvalue weighted by Crippen LogP contribution is -2.54. The van der Waals surface area contributed by atoms with Gasteiger partial charge in [-0.3, -0.25) is 0 Å². The van der Waals surface area contributed by atoms with Gasteiger partial charge in [0.2, 0.25) is 0 Å². The molecule has 0 amide bonds. The van der Waals surface area contributed by atoms with Crippen LogP contribution in [0, 0.1) is 11.6 Å². The lowest BCUT2D eigenvalue weighted by Gasteiger charge is -2.41. The molecule has 0 radical (unpaired) electrons. The molecule has 3 unspecified atom stereocenters. The quantitative estimate of drug-likeness (QED) is 0.892. The van der Waals surface area contributed by atoms with E-state index in [0.717, 1.165) is 25.0 Å². The van der Waals surface area contributed by atoms with Gasteiger partial charge in [-0.1, -0.05) is 6.42 Å². The summed E-state index contributed by atoms with van der Waals surface area (Å²) in [6.07, 6.45) is 3.39. The monoisotopic (exact) mass is 283 g/mol. The van der Waals surface area contributed by atoms with Gasteiger partial charge in [-0.05, 0) is 44.9 Å². The van der Waals surface area contributed by atoms with Crippen LogP contribution in [-0.2, 0) is 0 Å². The minimum atomic E-state index is -0.443. The number of hydrogen-bond acceptors (Lipinski definition) is 3. The molecule has 0 aromatic heterocycles. The van der Waals surface area contributed by atoms with Gasteiger partial charge >= 0.3 is 0 Å². The van der Waals surface area contributed by atoms with Gasteiger partial charge in [0.25, 0.3) is 0 Å². The average Bonchev–Trinajstić information content (AvgIpc) is 2.42. The molecule has 1 fully saturated rings. The lowest BCUT2D eigenvalue weighted by atomic mass is 9.99. The minimum absolute atomic E-state index is 0.219. The number of rotatable bonds is 4. The van der Waals surface area contributed by atoms with Gasteiger partial charge in [-0.2, -0.15) is 0 Å². The van der Waals surface area contributed by atoms with Crippen LogP contribution in [0.3, 0.4) is 0 Å². The molecule has 3 N–H and O–H groups in total. The standard InChI is InChI=1S/C15H23F2N3/c1-10-4-3-5-11(2)20(10)19-15(9-18)13-8-12(16)6-7-14(13)17/h6-8,10-11,15,19H,3-5,9,18H2,1-2H3. The van der Waals surface area contributed by atoms with E-state index in [1.54, 1.807) is 0 Å². The van der Waals surface area contributed by atoms with Crippen molar-refractivity contribution in [1.82, 2.24) is 10.4 Å². The van der Waals surface area contributed by atoms with E-state index in [2.05, 4.69) is 24.3 Å². The van der Waals surface area contributed by atoms with E-state index in [1.165, 1.54) is 12.5 Å². The highest BCUT2D eigenvalue weighted by Gasteiger charge is 2.27. The van der Waals surface area contributed by atoms with Crippen molar-refractivity contribution in [3.8, 4) is 0 Å². The summed E-state index contributed by atoms with van der Waals surface area (Å²) in [7, 11) is 0. The number of benzene rings is 1. The van der Waals surface area contributed by atoms with Crippen molar-refractivity contribution in [3.63, 3.8) is 0 Å². The fourth-order valence-corrected chi connectivity index (χ4v) is 2.89. The summed E-state index contributed by atoms with van der Waals surface area (Å²) in [4.78, 5) is 0. The molecule has 0 spiro atoms. The molecule has 3 nitrogen and oxygen atoms in total. The average molecular weight is 283 g/mol. The van der Waals surface area contributed by atoms with E-state index in [4.69, 9.17) is 5.73 Å². The summed E-state index contributed by atoms with van der Waals surface area (Å²) >= 11 is 0. The van der Waals surface area contributed by atoms with Crippen molar-refractivity contribution in [2.45, 2.75) is 51.2 Å². The van der Waals surface area contributed by atoms with Crippen LogP contribution < -0.4 is 11.2 Å². The predicted molar refractivity (Wildman–Crippen MR) is 75.9 cm³/mol. The second kappa shape index (κ2) is 6.61. The third-order valence-electron chi connectivity index (χ3n) is 4.07. The summed E-state index contributed by atoms with van der Waals surface area (Å²) in [5.74, 6) is -0.868. The van der Waals surface area contributed by atoms with Crippen LogP contribution in [0.15, 0.2) is 18.2 Å². The van der Waals surface area contributed by atoms with E-state index in [9.17, 15) is 8.78 Å². The Labute approximate surface area is 119 Å². The Morgan fingerprint density at radius 3 is 2.55 bits per heavy atom. The number of nitrogens with two attached hydrogens (primary N) is 1. The zero-order valence-electron chi connectivity index (χ0n) is 12.1. The second-order valence-corrected chi connectivity index (χ2v) is 5.62. The number of hydrazine groups is 1. The van der Waals surface area contributed by atoms with Crippen molar-refractivity contribution in [2.75, 3.05) is 6.54 Å². The van der Waals surface area contributed by atoms with Crippen LogP contribution in [0.2, 0.25) is 0 Å². The van der Waals surface area contributed by atoms with Gasteiger partial charge in [0.15, 0.2) is 0 Å². The molecule has 0 aliphatic carbocycles. The van der Waals surface area contributed by atoms with Gasteiger partial charge in [-0.15, -0.1) is 0 Å². The van der Waals surface area contributed by atoms with Crippen molar-refractivity contribution in [1.29, 1.82) is 0 Å². The number of piperidine rings is 1. The SMILES string of the molecule is CC1CCCC(C)N1NC(CN)c1cc(F)ccc1F. The van der Waals surface area contributed by atoms with Crippen LogP contribution in [-0.4, -0.2) is 23.6 Å². The molecule has 1 aromatic carbocycles. The van der Waals surface area contributed by atoms with E-state index < -0.39 is 17.7 Å². The van der Waals surface area contributed by atoms with E-state index in [1.807, 2.05) is 0 Å². The van der Waals surface area contributed by atoms with E-state index >= 15 is 0 Å². The molecule has 1 aliphatic rings. The molecular weight excluding hydrogens is 260 g/mol. The largest absolute Gasteiger partial charge is 0.329 e. The van der Waals surface area contributed by atoms with Gasteiger partial charge < -0.3 is 5.73 Å². The molecule has 2 rings (SSSR count). The zero-order chi connectivity index (χ0) is 14.7. The van der Waals surface area contributed by atoms with Gasteiger partial charge in [0.05, 0.1) is 6.04 Å². The van der Waals surface area contributed by atoms with Crippen LogP contribution in [0.1, 0.15) is 44.7 Å². The lowest BCUT2D eigenvalue weighted by molar-refractivity contribution is 0.0298. The Kier molecular flexibility index (Phi) is 5.07. The molecule has 3 atom stereocenters. The van der Waals surface area contributed by atoms with E-state index in [0.29, 0.717) is 12.1 Å². The molecule has 0 bridgehead atoms. The van der Waals surface area contributed by atoms with Crippen LogP contribution in [0.5, 0.6) is 0 Å². The van der Waals surface area contributed by atoms with Gasteiger partial charge in [0, 0.05) is 24.2 Å². The summed E-state index contributed by atoms with van der Waals surface area (Å²) in [5, 5.41) is 2.13. The van der Waals surface area contributed by atoms with Crippen LogP contribution in [0.25, 0.3) is 0 Å². The number of nitrogens with zero attached hydrogens (tertiary/aromatic N) is 1. The first-order valence-electron chi connectivity index (χ1n) is 7.22. The maximum absolute atomic E-state index is 13.9. The predicted octanol–water partition coefficient (Wildman–Crippen LogP) is 2.73. The smallest absolute Gasteiger partial charge is 0.128 e. The minimum Gasteiger partial charge on any atom is -0.329 e. The second-order valence-electron chi connectivity index (χ2n) is 5.62. The van der Waals surface area contributed by atoms with Crippen molar-refractivity contribution < 1.29 is 8.78 Å². The first-order chi connectivity index (χ1) is 9.52. The topological polar surface area (TPSA) is 41.3 Å². The summed E-state index contributed by atoms with van der Waals surface area (Å²) in [6, 6.07) is 3.82. The summed E-state index contributed by atoms with van der Waals surface area (Å²) in [6.45, 7) is 4.49. The number of hydrogen-bond donors (Lipinski definition) is 2. The molecule has 1 heterocycles. The molecule has 112 valence electrons. The summed E-state index contributed by atoms with van der Waals surface area (Å²) < 4.78 is 27.2. The maximum atomic E-state index is 13.9. The van der Waals surface area contributed by atoms with Crippen molar-refractivity contribution in [3.05, 3.63) is 35.4 Å². The van der Waals surface area contributed by atoms with Crippen LogP contribution in [0.4, 0.5) is 8.78 Å². The highest BCUT2D eigenvalue weighted by Crippen LogP contribution is 2.24. The first kappa shape index (κ1) is 15.4. The van der Waals surface area contributed by atoms with Gasteiger partial charge in [0.1, 0.15) is 11.6 Å². The Morgan fingerprint density at radius 2 is 1.95 bits per heavy atom. The highest BCUT2D eigenvalue weighted by molar-refractivity contribution is 5.22. The molecular formula is C15H23F2N3. The molecule has 0 saturated carbocycles. The van der Waals surface area contributed by atoms with Crippen LogP contribution >= 0.6 is 0 Å². The fourth-order valence-electron chi connectivity index (χ4n) is 2.89. The number of nitrogens with one attached hydrogen (secondary N) is 1. The first-order valence-corrected chi connectivity index (χ1v) is 7.22. The van der Waals surface area contributed by atoms with Crippen molar-refractivity contribution in [2.24, 2.45) is 5.73 Å². The van der Waals surface area contributed by atoms with Crippen molar-refractivity contribution >= 4 is 0 Å². The molecule has 5 heteroatoms. The Balaban J connectivity index is 2.17. The molecule has 1 saturated heterocycles. The fraction of sp³-hybridized carbons (Fsp3) is 0.600. The Bertz CT molecular complexity index is 443. The number of halogens is 2. The molecule has 1 aromatic rings. The zero-order valence-corrected chi connectivity index (χ0v) is 12.1. The normalized spacial score (nSPS) is 25.6. The summed E-state index contributed by atoms with van der Waals surface area (Å²) in [5.41, 5.74) is 9.33. The maximum Gasteiger partial charge on any atom is 0.128 e. The third kappa shape index (κ3) is 3.34. The Morgan fingerprint density at radius 1 is 1.30 bits per heavy atom.